The van der Waals surface area contributed by atoms with E-state index in [9.17, 15) is 0 Å². The maximum absolute atomic E-state index is 9.12. The molecule has 1 fully saturated rings. The Labute approximate surface area is 118 Å². The third-order valence-electron chi connectivity index (χ3n) is 4.29. The van der Waals surface area contributed by atoms with Crippen molar-refractivity contribution in [1.29, 1.82) is 5.26 Å². The topological polar surface area (TPSA) is 62.7 Å². The fourth-order valence-electron chi connectivity index (χ4n) is 2.71. The van der Waals surface area contributed by atoms with Gasteiger partial charge in [0.05, 0.1) is 17.9 Å². The Morgan fingerprint density at radius 3 is 2.55 bits per heavy atom. The molecule has 1 aromatic heterocycles. The molecule has 0 bridgehead atoms. The van der Waals surface area contributed by atoms with Crippen LogP contribution in [0.4, 0.5) is 0 Å². The summed E-state index contributed by atoms with van der Waals surface area (Å²) in [6, 6.07) is 10.5. The van der Waals surface area contributed by atoms with Crippen molar-refractivity contribution in [3.63, 3.8) is 0 Å². The number of nitriles is 1. The van der Waals surface area contributed by atoms with Crippen LogP contribution >= 0.6 is 0 Å². The monoisotopic (exact) mass is 267 g/mol. The number of aromatic nitrogens is 2. The predicted molar refractivity (Wildman–Crippen MR) is 74.7 cm³/mol. The van der Waals surface area contributed by atoms with E-state index in [1.807, 2.05) is 12.1 Å². The summed E-state index contributed by atoms with van der Waals surface area (Å²) in [7, 11) is 0. The minimum absolute atomic E-state index is 0.0294. The SMILES string of the molecule is CCc1ccc(-c2noc(C3C(C#N)C3(C)C)n2)cc1. The van der Waals surface area contributed by atoms with Crippen molar-refractivity contribution < 1.29 is 4.52 Å². The fraction of sp³-hybridized carbons (Fsp3) is 0.438. The molecular weight excluding hydrogens is 250 g/mol. The molecule has 4 heteroatoms. The van der Waals surface area contributed by atoms with E-state index in [1.54, 1.807) is 0 Å². The van der Waals surface area contributed by atoms with Gasteiger partial charge in [-0.15, -0.1) is 0 Å². The van der Waals surface area contributed by atoms with Gasteiger partial charge in [0.2, 0.25) is 11.7 Å². The molecular formula is C16H17N3O. The van der Waals surface area contributed by atoms with Crippen LogP contribution in [0, 0.1) is 22.7 Å². The molecule has 102 valence electrons. The first-order valence-electron chi connectivity index (χ1n) is 6.90. The van der Waals surface area contributed by atoms with E-state index in [-0.39, 0.29) is 17.3 Å². The van der Waals surface area contributed by atoms with Gasteiger partial charge in [0.1, 0.15) is 0 Å². The summed E-state index contributed by atoms with van der Waals surface area (Å²) in [6.07, 6.45) is 1.01. The normalized spacial score (nSPS) is 23.3. The molecule has 1 aromatic carbocycles. The van der Waals surface area contributed by atoms with Crippen LogP contribution in [0.2, 0.25) is 0 Å². The molecule has 3 rings (SSSR count). The van der Waals surface area contributed by atoms with Crippen LogP contribution in [-0.2, 0) is 6.42 Å². The quantitative estimate of drug-likeness (QED) is 0.853. The lowest BCUT2D eigenvalue weighted by atomic mass is 10.1. The van der Waals surface area contributed by atoms with Crippen LogP contribution in [-0.4, -0.2) is 10.1 Å². The van der Waals surface area contributed by atoms with Crippen LogP contribution < -0.4 is 0 Å². The minimum atomic E-state index is -0.0649. The molecule has 0 aliphatic heterocycles. The third-order valence-corrected chi connectivity index (χ3v) is 4.29. The molecule has 0 radical (unpaired) electrons. The van der Waals surface area contributed by atoms with E-state index in [0.717, 1.165) is 12.0 Å². The van der Waals surface area contributed by atoms with Gasteiger partial charge >= 0.3 is 0 Å². The molecule has 0 amide bonds. The Balaban J connectivity index is 1.86. The molecule has 20 heavy (non-hydrogen) atoms. The van der Waals surface area contributed by atoms with Gasteiger partial charge in [0, 0.05) is 5.56 Å². The molecule has 4 nitrogen and oxygen atoms in total. The van der Waals surface area contributed by atoms with Crippen molar-refractivity contribution in [3.8, 4) is 17.5 Å². The highest BCUT2D eigenvalue weighted by atomic mass is 16.5. The second-order valence-electron chi connectivity index (χ2n) is 5.91. The molecule has 1 saturated carbocycles. The van der Waals surface area contributed by atoms with Crippen LogP contribution in [0.3, 0.4) is 0 Å². The summed E-state index contributed by atoms with van der Waals surface area (Å²) in [5.41, 5.74) is 2.17. The minimum Gasteiger partial charge on any atom is -0.339 e. The summed E-state index contributed by atoms with van der Waals surface area (Å²) in [4.78, 5) is 4.46. The molecule has 2 atom stereocenters. The molecule has 1 aliphatic carbocycles. The zero-order valence-corrected chi connectivity index (χ0v) is 11.9. The lowest BCUT2D eigenvalue weighted by Crippen LogP contribution is -1.90. The molecule has 0 spiro atoms. The third kappa shape index (κ3) is 1.90. The molecule has 1 heterocycles. The van der Waals surface area contributed by atoms with Crippen molar-refractivity contribution in [2.75, 3.05) is 0 Å². The Hall–Kier alpha value is -2.15. The van der Waals surface area contributed by atoms with E-state index in [1.165, 1.54) is 5.56 Å². The van der Waals surface area contributed by atoms with E-state index in [0.29, 0.717) is 11.7 Å². The predicted octanol–water partition coefficient (Wildman–Crippen LogP) is 3.56. The summed E-state index contributed by atoms with van der Waals surface area (Å²) >= 11 is 0. The molecule has 2 unspecified atom stereocenters. The Bertz CT molecular complexity index is 664. The van der Waals surface area contributed by atoms with E-state index in [2.05, 4.69) is 49.1 Å². The van der Waals surface area contributed by atoms with E-state index >= 15 is 0 Å². The summed E-state index contributed by atoms with van der Waals surface area (Å²) in [5.74, 6) is 1.21. The van der Waals surface area contributed by atoms with E-state index in [4.69, 9.17) is 9.78 Å². The average molecular weight is 267 g/mol. The second-order valence-corrected chi connectivity index (χ2v) is 5.91. The highest BCUT2D eigenvalue weighted by Crippen LogP contribution is 2.63. The van der Waals surface area contributed by atoms with Crippen molar-refractivity contribution in [3.05, 3.63) is 35.7 Å². The first-order valence-corrected chi connectivity index (χ1v) is 6.90. The highest BCUT2D eigenvalue weighted by molar-refractivity contribution is 5.54. The fourth-order valence-corrected chi connectivity index (χ4v) is 2.71. The summed E-state index contributed by atoms with van der Waals surface area (Å²) in [5, 5.41) is 13.2. The first kappa shape index (κ1) is 12.9. The van der Waals surface area contributed by atoms with Gasteiger partial charge in [-0.3, -0.25) is 0 Å². The Morgan fingerprint density at radius 1 is 1.30 bits per heavy atom. The number of hydrogen-bond acceptors (Lipinski definition) is 4. The van der Waals surface area contributed by atoms with Gasteiger partial charge in [0.15, 0.2) is 0 Å². The van der Waals surface area contributed by atoms with Crippen LogP contribution in [0.25, 0.3) is 11.4 Å². The molecule has 0 N–H and O–H groups in total. The largest absolute Gasteiger partial charge is 0.339 e. The molecule has 0 saturated heterocycles. The van der Waals surface area contributed by atoms with Crippen LogP contribution in [0.1, 0.15) is 38.1 Å². The van der Waals surface area contributed by atoms with Gasteiger partial charge in [-0.25, -0.2) is 0 Å². The van der Waals surface area contributed by atoms with Crippen LogP contribution in [0.15, 0.2) is 28.8 Å². The van der Waals surface area contributed by atoms with Crippen LogP contribution in [0.5, 0.6) is 0 Å². The molecule has 2 aromatic rings. The maximum Gasteiger partial charge on any atom is 0.232 e. The molecule has 1 aliphatic rings. The Morgan fingerprint density at radius 2 is 2.00 bits per heavy atom. The average Bonchev–Trinajstić information content (AvgIpc) is 2.81. The first-order chi connectivity index (χ1) is 9.57. The van der Waals surface area contributed by atoms with Crippen molar-refractivity contribution in [2.24, 2.45) is 11.3 Å². The number of rotatable bonds is 3. The zero-order valence-electron chi connectivity index (χ0n) is 11.9. The van der Waals surface area contributed by atoms with E-state index < -0.39 is 0 Å². The Kier molecular flexibility index (Phi) is 2.86. The van der Waals surface area contributed by atoms with Crippen molar-refractivity contribution in [2.45, 2.75) is 33.1 Å². The number of aryl methyl sites for hydroxylation is 1. The number of benzene rings is 1. The van der Waals surface area contributed by atoms with Crippen molar-refractivity contribution >= 4 is 0 Å². The smallest absolute Gasteiger partial charge is 0.232 e. The van der Waals surface area contributed by atoms with Gasteiger partial charge in [-0.05, 0) is 17.4 Å². The number of hydrogen-bond donors (Lipinski definition) is 0. The van der Waals surface area contributed by atoms with Gasteiger partial charge in [0.25, 0.3) is 0 Å². The zero-order chi connectivity index (χ0) is 14.3. The number of nitrogens with zero attached hydrogens (tertiary/aromatic N) is 3. The lowest BCUT2D eigenvalue weighted by molar-refractivity contribution is 0.368. The highest BCUT2D eigenvalue weighted by Gasteiger charge is 2.62. The van der Waals surface area contributed by atoms with Crippen molar-refractivity contribution in [1.82, 2.24) is 10.1 Å². The van der Waals surface area contributed by atoms with Gasteiger partial charge in [-0.1, -0.05) is 50.2 Å². The maximum atomic E-state index is 9.12. The van der Waals surface area contributed by atoms with Gasteiger partial charge in [-0.2, -0.15) is 10.2 Å². The lowest BCUT2D eigenvalue weighted by Gasteiger charge is -1.97. The second kappa shape index (κ2) is 4.45. The standard InChI is InChI=1S/C16H17N3O/c1-4-10-5-7-11(8-6-10)14-18-15(20-19-14)13-12(9-17)16(13,2)3/h5-8,12-13H,4H2,1-3H3. The summed E-state index contributed by atoms with van der Waals surface area (Å²) in [6.45, 7) is 6.25. The summed E-state index contributed by atoms with van der Waals surface area (Å²) < 4.78 is 5.36. The van der Waals surface area contributed by atoms with Gasteiger partial charge < -0.3 is 4.52 Å².